The predicted octanol–water partition coefficient (Wildman–Crippen LogP) is 7.67. The molecule has 248 valence electrons. The Labute approximate surface area is 278 Å². The zero-order valence-electron chi connectivity index (χ0n) is 29.0. The third kappa shape index (κ3) is 6.78. The van der Waals surface area contributed by atoms with Gasteiger partial charge in [-0.3, -0.25) is 0 Å². The van der Waals surface area contributed by atoms with E-state index in [2.05, 4.69) is 69.5 Å². The van der Waals surface area contributed by atoms with Crippen molar-refractivity contribution in [3.63, 3.8) is 0 Å². The molecule has 47 heavy (non-hydrogen) atoms. The van der Waals surface area contributed by atoms with Crippen LogP contribution in [-0.2, 0) is 4.74 Å². The highest BCUT2D eigenvalue weighted by Gasteiger charge is 2.36. The van der Waals surface area contributed by atoms with E-state index in [4.69, 9.17) is 30.9 Å². The van der Waals surface area contributed by atoms with Crippen LogP contribution in [0.25, 0.3) is 28.0 Å². The third-order valence-corrected chi connectivity index (χ3v) is 9.49. The van der Waals surface area contributed by atoms with Crippen LogP contribution in [0.3, 0.4) is 0 Å². The number of hydrogen-bond donors (Lipinski definition) is 0. The Kier molecular flexibility index (Phi) is 10.4. The van der Waals surface area contributed by atoms with Gasteiger partial charge >= 0.3 is 5.97 Å². The first-order chi connectivity index (χ1) is 22.6. The minimum atomic E-state index is -0.544. The summed E-state index contributed by atoms with van der Waals surface area (Å²) in [6, 6.07) is 11.8. The molecule has 0 amide bonds. The number of hydrogen-bond acceptors (Lipinski definition) is 7. The van der Waals surface area contributed by atoms with Crippen LogP contribution in [-0.4, -0.2) is 54.0 Å². The molecule has 9 nitrogen and oxygen atoms in total. The summed E-state index contributed by atoms with van der Waals surface area (Å²) in [5, 5.41) is 5.34. The maximum absolute atomic E-state index is 14.1. The molecule has 0 radical (unpaired) electrons. The SMILES string of the molecule is [C-]#[N+]c1c(C(=O)OC2C(C)CC(C)CC2C)c2nc(-c3cc(OC)ccc3OC)nn2/c1=C/c1ccc(N(CC)CCCC)cc1C. The summed E-state index contributed by atoms with van der Waals surface area (Å²) in [6.45, 7) is 23.1. The van der Waals surface area contributed by atoms with E-state index in [9.17, 15) is 4.79 Å². The fraction of sp³-hybridized carbons (Fsp3) is 0.474. The van der Waals surface area contributed by atoms with Crippen LogP contribution in [0, 0.1) is 31.2 Å². The van der Waals surface area contributed by atoms with Crippen LogP contribution in [0.1, 0.15) is 81.8 Å². The monoisotopic (exact) mass is 637 g/mol. The van der Waals surface area contributed by atoms with Crippen molar-refractivity contribution in [1.82, 2.24) is 14.6 Å². The Morgan fingerprint density at radius 3 is 2.45 bits per heavy atom. The fourth-order valence-corrected chi connectivity index (χ4v) is 7.10. The van der Waals surface area contributed by atoms with Gasteiger partial charge in [-0.2, -0.15) is 0 Å². The normalized spacial score (nSPS) is 19.9. The number of anilines is 1. The van der Waals surface area contributed by atoms with Gasteiger partial charge in [0, 0.05) is 18.8 Å². The minimum absolute atomic E-state index is 0.135. The van der Waals surface area contributed by atoms with Gasteiger partial charge in [0.1, 0.15) is 23.2 Å². The number of carbonyl (C=O) groups excluding carboxylic acids is 1. The molecule has 4 aromatic rings. The van der Waals surface area contributed by atoms with Gasteiger partial charge in [-0.25, -0.2) is 19.1 Å². The van der Waals surface area contributed by atoms with E-state index in [-0.39, 0.29) is 34.8 Å². The average molecular weight is 638 g/mol. The van der Waals surface area contributed by atoms with Crippen molar-refractivity contribution in [3.8, 4) is 22.9 Å². The number of ether oxygens (including phenoxy) is 3. The van der Waals surface area contributed by atoms with E-state index in [1.54, 1.807) is 36.9 Å². The molecule has 2 heterocycles. The number of fused-ring (bicyclic) bond motifs is 1. The highest BCUT2D eigenvalue weighted by atomic mass is 16.5. The molecule has 1 aliphatic rings. The maximum atomic E-state index is 14.1. The number of methoxy groups -OCH3 is 2. The van der Waals surface area contributed by atoms with Crippen LogP contribution in [0.2, 0.25) is 0 Å². The lowest BCUT2D eigenvalue weighted by Gasteiger charge is -2.37. The van der Waals surface area contributed by atoms with Gasteiger partial charge in [0.05, 0.1) is 31.7 Å². The van der Waals surface area contributed by atoms with E-state index < -0.39 is 5.97 Å². The number of esters is 1. The Balaban J connectivity index is 1.68. The van der Waals surface area contributed by atoms with Crippen molar-refractivity contribution in [2.75, 3.05) is 32.2 Å². The van der Waals surface area contributed by atoms with Crippen molar-refractivity contribution >= 4 is 29.1 Å². The second-order valence-electron chi connectivity index (χ2n) is 13.0. The molecule has 2 aromatic heterocycles. The standard InChI is InChI=1S/C38H47N5O4/c1-10-12-17-42(11-2)28-14-13-27(24(4)20-28)21-31-34(39-7)33(38(44)47-35-25(5)18-23(3)19-26(35)6)37-40-36(41-43(31)37)30-22-29(45-8)15-16-32(30)46-9/h13-16,20-23,25-26,35H,10-12,17-19H2,1-6,8-9H3/b31-21+. The van der Waals surface area contributed by atoms with Crippen LogP contribution >= 0.6 is 0 Å². The summed E-state index contributed by atoms with van der Waals surface area (Å²) in [4.78, 5) is 25.2. The Hall–Kier alpha value is -4.58. The number of nitrogens with zero attached hydrogens (tertiary/aromatic N) is 5. The van der Waals surface area contributed by atoms with E-state index >= 15 is 0 Å². The van der Waals surface area contributed by atoms with Crippen LogP contribution in [0.15, 0.2) is 36.4 Å². The number of rotatable bonds is 11. The van der Waals surface area contributed by atoms with Gasteiger partial charge in [-0.15, -0.1) is 5.10 Å². The van der Waals surface area contributed by atoms with Crippen molar-refractivity contribution in [3.05, 3.63) is 69.9 Å². The Bertz CT molecular complexity index is 1830. The maximum Gasteiger partial charge on any atom is 0.331 e. The summed E-state index contributed by atoms with van der Waals surface area (Å²) in [7, 11) is 3.18. The van der Waals surface area contributed by atoms with E-state index in [1.165, 1.54) is 0 Å². The highest BCUT2D eigenvalue weighted by molar-refractivity contribution is 6.03. The van der Waals surface area contributed by atoms with Gasteiger partial charge in [-0.05, 0) is 98.4 Å². The van der Waals surface area contributed by atoms with Crippen molar-refractivity contribution in [2.24, 2.45) is 17.8 Å². The first-order valence-electron chi connectivity index (χ1n) is 16.7. The lowest BCUT2D eigenvalue weighted by Crippen LogP contribution is -2.37. The first kappa shape index (κ1) is 33.8. The number of benzene rings is 2. The molecular weight excluding hydrogens is 590 g/mol. The molecule has 0 spiro atoms. The largest absolute Gasteiger partial charge is 0.497 e. The third-order valence-electron chi connectivity index (χ3n) is 9.49. The lowest BCUT2D eigenvalue weighted by atomic mass is 9.75. The predicted molar refractivity (Wildman–Crippen MR) is 186 cm³/mol. The quantitative estimate of drug-likeness (QED) is 0.123. The molecule has 0 aliphatic heterocycles. The Morgan fingerprint density at radius 1 is 1.09 bits per heavy atom. The minimum Gasteiger partial charge on any atom is -0.497 e. The lowest BCUT2D eigenvalue weighted by molar-refractivity contribution is -0.0249. The zero-order chi connectivity index (χ0) is 33.8. The van der Waals surface area contributed by atoms with Crippen LogP contribution in [0.5, 0.6) is 11.5 Å². The van der Waals surface area contributed by atoms with Gasteiger partial charge < -0.3 is 19.1 Å². The summed E-state index contributed by atoms with van der Waals surface area (Å²) >= 11 is 0. The molecule has 1 fully saturated rings. The second kappa shape index (κ2) is 14.5. The van der Waals surface area contributed by atoms with Crippen molar-refractivity contribution < 1.29 is 19.0 Å². The van der Waals surface area contributed by atoms with Crippen molar-refractivity contribution in [2.45, 2.75) is 73.3 Å². The number of aromatic nitrogens is 3. The smallest absolute Gasteiger partial charge is 0.331 e. The molecule has 5 rings (SSSR count). The number of carbonyl (C=O) groups is 1. The molecule has 0 saturated heterocycles. The zero-order valence-corrected chi connectivity index (χ0v) is 29.0. The van der Waals surface area contributed by atoms with E-state index in [0.717, 1.165) is 55.6 Å². The van der Waals surface area contributed by atoms with Crippen LogP contribution in [0.4, 0.5) is 11.4 Å². The molecule has 2 aromatic carbocycles. The molecular formula is C38H47N5O4. The van der Waals surface area contributed by atoms with Crippen LogP contribution < -0.4 is 19.7 Å². The second-order valence-corrected chi connectivity index (χ2v) is 13.0. The van der Waals surface area contributed by atoms with Gasteiger partial charge in [0.15, 0.2) is 11.5 Å². The molecule has 0 N–H and O–H groups in total. The molecule has 0 bridgehead atoms. The summed E-state index contributed by atoms with van der Waals surface area (Å²) in [6.07, 6.45) is 5.92. The molecule has 2 atom stereocenters. The van der Waals surface area contributed by atoms with Gasteiger partial charge in [0.25, 0.3) is 0 Å². The number of unbranched alkanes of at least 4 members (excludes halogenated alkanes) is 1. The topological polar surface area (TPSA) is 82.5 Å². The number of aryl methyl sites for hydroxylation is 1. The van der Waals surface area contributed by atoms with E-state index in [1.807, 2.05) is 6.08 Å². The molecule has 1 aliphatic carbocycles. The van der Waals surface area contributed by atoms with Gasteiger partial charge in [-0.1, -0.05) is 40.2 Å². The summed E-state index contributed by atoms with van der Waals surface area (Å²) in [5.41, 5.74) is 4.35. The first-order valence-corrected chi connectivity index (χ1v) is 16.7. The summed E-state index contributed by atoms with van der Waals surface area (Å²) < 4.78 is 19.0. The van der Waals surface area contributed by atoms with Gasteiger partial charge in [0.2, 0.25) is 5.69 Å². The summed E-state index contributed by atoms with van der Waals surface area (Å²) in [5.74, 6) is 1.98. The average Bonchev–Trinajstić information content (AvgIpc) is 3.61. The molecule has 9 heteroatoms. The molecule has 1 saturated carbocycles. The highest BCUT2D eigenvalue weighted by Crippen LogP contribution is 2.37. The van der Waals surface area contributed by atoms with Crippen molar-refractivity contribution in [1.29, 1.82) is 0 Å². The fourth-order valence-electron chi connectivity index (χ4n) is 7.10. The van der Waals surface area contributed by atoms with E-state index in [0.29, 0.717) is 34.2 Å². The Morgan fingerprint density at radius 2 is 1.83 bits per heavy atom. The molecule has 2 unspecified atom stereocenters.